The zero-order valence-corrected chi connectivity index (χ0v) is 26.4. The number of hydrazine groups is 1. The maximum absolute atomic E-state index is 14.0. The highest BCUT2D eigenvalue weighted by Crippen LogP contribution is 2.27. The lowest BCUT2D eigenvalue weighted by Gasteiger charge is -2.30. The van der Waals surface area contributed by atoms with Crippen molar-refractivity contribution in [1.82, 2.24) is 15.3 Å². The fourth-order valence-electron chi connectivity index (χ4n) is 4.93. The molecule has 0 aliphatic carbocycles. The fraction of sp³-hybridized carbons (Fsp3) is 0.515. The Morgan fingerprint density at radius 1 is 1.02 bits per heavy atom. The lowest BCUT2D eigenvalue weighted by molar-refractivity contribution is -0.203. The van der Waals surface area contributed by atoms with Crippen LogP contribution in [0.2, 0.25) is 0 Å². The molecule has 0 spiro atoms. The molecule has 1 aliphatic heterocycles. The van der Waals surface area contributed by atoms with Gasteiger partial charge in [0.1, 0.15) is 0 Å². The second kappa shape index (κ2) is 17.9. The molecule has 0 radical (unpaired) electrons. The normalized spacial score (nSPS) is 17.2. The predicted octanol–water partition coefficient (Wildman–Crippen LogP) is 5.61. The van der Waals surface area contributed by atoms with Crippen LogP contribution in [0.5, 0.6) is 0 Å². The topological polar surface area (TPSA) is 114 Å². The van der Waals surface area contributed by atoms with E-state index >= 15 is 0 Å². The Morgan fingerprint density at radius 3 is 2.35 bits per heavy atom. The third-order valence-corrected chi connectivity index (χ3v) is 9.01. The maximum Gasteiger partial charge on any atom is 0.247 e. The van der Waals surface area contributed by atoms with Crippen molar-refractivity contribution in [1.29, 1.82) is 0 Å². The Morgan fingerprint density at radius 2 is 1.72 bits per heavy atom. The van der Waals surface area contributed by atoms with E-state index in [0.717, 1.165) is 28.4 Å². The summed E-state index contributed by atoms with van der Waals surface area (Å²) in [7, 11) is -3.82. The molecule has 2 aromatic rings. The van der Waals surface area contributed by atoms with Crippen LogP contribution in [-0.2, 0) is 35.7 Å². The monoisotopic (exact) mass is 613 g/mol. The molecule has 10 heteroatoms. The molecule has 2 amide bonds. The first-order valence-electron chi connectivity index (χ1n) is 15.3. The zero-order valence-electron chi connectivity index (χ0n) is 25.6. The number of rotatable bonds is 17. The van der Waals surface area contributed by atoms with Crippen LogP contribution >= 0.6 is 0 Å². The Balaban J connectivity index is 1.87. The highest BCUT2D eigenvalue weighted by molar-refractivity contribution is 7.89. The van der Waals surface area contributed by atoms with Crippen LogP contribution in [-0.4, -0.2) is 43.3 Å². The number of hydrogen-bond acceptors (Lipinski definition) is 6. The van der Waals surface area contributed by atoms with Gasteiger partial charge in [-0.1, -0.05) is 100 Å². The molecule has 3 rings (SSSR count). The van der Waals surface area contributed by atoms with Crippen molar-refractivity contribution >= 4 is 27.9 Å². The largest absolute Gasteiger partial charge is 0.350 e. The van der Waals surface area contributed by atoms with Gasteiger partial charge in [-0.2, -0.15) is 0 Å². The van der Waals surface area contributed by atoms with Crippen LogP contribution < -0.4 is 10.9 Å². The molecule has 1 heterocycles. The number of amides is 2. The number of allylic oxidation sites excluding steroid dienone is 1. The molecular weight excluding hydrogens is 566 g/mol. The Bertz CT molecular complexity index is 1250. The summed E-state index contributed by atoms with van der Waals surface area (Å²) in [6, 6.07) is 18.8. The number of ether oxygens (including phenoxy) is 1. The van der Waals surface area contributed by atoms with E-state index in [-0.39, 0.29) is 24.6 Å². The Labute approximate surface area is 257 Å². The number of carbonyl (C=O) groups excluding carboxylic acids is 2. The van der Waals surface area contributed by atoms with E-state index in [9.17, 15) is 18.0 Å². The van der Waals surface area contributed by atoms with Gasteiger partial charge in [0.05, 0.1) is 24.1 Å². The molecule has 236 valence electrons. The van der Waals surface area contributed by atoms with E-state index in [1.54, 1.807) is 0 Å². The van der Waals surface area contributed by atoms with Gasteiger partial charge in [-0.15, -0.1) is 4.41 Å². The van der Waals surface area contributed by atoms with Crippen LogP contribution in [0.4, 0.5) is 0 Å². The van der Waals surface area contributed by atoms with Crippen molar-refractivity contribution in [2.45, 2.75) is 78.6 Å². The molecule has 1 fully saturated rings. The van der Waals surface area contributed by atoms with Crippen molar-refractivity contribution < 1.29 is 27.6 Å². The van der Waals surface area contributed by atoms with Gasteiger partial charge in [0.2, 0.25) is 21.8 Å². The SMILES string of the molecule is CCCCS(=O)(=O)N(Cc1ccccc1)NC(=O)[C@H](CC(C)C)[C@H](CC=Cc1ccccc1)C(=O)NOC1CCCCO1. The first kappa shape index (κ1) is 34.4. The first-order chi connectivity index (χ1) is 20.7. The number of carbonyl (C=O) groups is 2. The molecule has 2 N–H and O–H groups in total. The second-order valence-electron chi connectivity index (χ2n) is 11.4. The summed E-state index contributed by atoms with van der Waals surface area (Å²) in [6.45, 7) is 6.41. The quantitative estimate of drug-likeness (QED) is 0.224. The second-order valence-corrected chi connectivity index (χ2v) is 13.4. The molecule has 0 saturated carbocycles. The number of sulfonamides is 1. The van der Waals surface area contributed by atoms with Crippen molar-refractivity contribution in [3.63, 3.8) is 0 Å². The number of hydroxylamine groups is 1. The molecule has 3 atom stereocenters. The number of nitrogens with zero attached hydrogens (tertiary/aromatic N) is 1. The number of hydrogen-bond donors (Lipinski definition) is 2. The van der Waals surface area contributed by atoms with Crippen LogP contribution in [0, 0.1) is 17.8 Å². The van der Waals surface area contributed by atoms with E-state index in [0.29, 0.717) is 32.3 Å². The lowest BCUT2D eigenvalue weighted by atomic mass is 9.82. The van der Waals surface area contributed by atoms with Crippen molar-refractivity contribution in [2.75, 3.05) is 12.4 Å². The molecule has 9 nitrogen and oxygen atoms in total. The van der Waals surface area contributed by atoms with E-state index in [2.05, 4.69) is 10.9 Å². The lowest BCUT2D eigenvalue weighted by Crippen LogP contribution is -2.51. The van der Waals surface area contributed by atoms with Crippen molar-refractivity contribution in [2.24, 2.45) is 17.8 Å². The molecule has 1 saturated heterocycles. The summed E-state index contributed by atoms with van der Waals surface area (Å²) in [5, 5.41) is 0. The molecule has 43 heavy (non-hydrogen) atoms. The van der Waals surface area contributed by atoms with Crippen LogP contribution in [0.3, 0.4) is 0 Å². The number of benzene rings is 2. The summed E-state index contributed by atoms with van der Waals surface area (Å²) in [4.78, 5) is 33.2. The smallest absolute Gasteiger partial charge is 0.247 e. The molecule has 0 bridgehead atoms. The minimum absolute atomic E-state index is 0.0140. The maximum atomic E-state index is 14.0. The van der Waals surface area contributed by atoms with E-state index in [1.807, 2.05) is 93.6 Å². The minimum Gasteiger partial charge on any atom is -0.350 e. The van der Waals surface area contributed by atoms with Gasteiger partial charge in [-0.3, -0.25) is 15.0 Å². The Hall–Kier alpha value is -3.05. The van der Waals surface area contributed by atoms with Crippen LogP contribution in [0.15, 0.2) is 66.7 Å². The number of nitrogens with one attached hydrogen (secondary N) is 2. The minimum atomic E-state index is -3.82. The van der Waals surface area contributed by atoms with Crippen molar-refractivity contribution in [3.05, 3.63) is 77.9 Å². The summed E-state index contributed by atoms with van der Waals surface area (Å²) < 4.78 is 33.4. The molecule has 1 unspecified atom stereocenters. The predicted molar refractivity (Wildman–Crippen MR) is 168 cm³/mol. The molecule has 2 aromatic carbocycles. The third-order valence-electron chi connectivity index (χ3n) is 7.31. The summed E-state index contributed by atoms with van der Waals surface area (Å²) >= 11 is 0. The first-order valence-corrected chi connectivity index (χ1v) is 16.9. The zero-order chi connectivity index (χ0) is 31.1. The van der Waals surface area contributed by atoms with Gasteiger partial charge < -0.3 is 4.74 Å². The van der Waals surface area contributed by atoms with Gasteiger partial charge in [0.25, 0.3) is 0 Å². The van der Waals surface area contributed by atoms with Gasteiger partial charge in [0, 0.05) is 13.0 Å². The molecule has 1 aliphatic rings. The highest BCUT2D eigenvalue weighted by atomic mass is 32.2. The molecule has 0 aromatic heterocycles. The third kappa shape index (κ3) is 11.9. The number of unbranched alkanes of at least 4 members (excludes halogenated alkanes) is 1. The summed E-state index contributed by atoms with van der Waals surface area (Å²) in [6.07, 6.45) is 7.57. The fourth-order valence-corrected chi connectivity index (χ4v) is 6.38. The van der Waals surface area contributed by atoms with Gasteiger partial charge in [-0.05, 0) is 49.1 Å². The van der Waals surface area contributed by atoms with Gasteiger partial charge in [0.15, 0.2) is 6.29 Å². The van der Waals surface area contributed by atoms with Gasteiger partial charge >= 0.3 is 0 Å². The van der Waals surface area contributed by atoms with Crippen LogP contribution in [0.25, 0.3) is 6.08 Å². The average Bonchev–Trinajstić information content (AvgIpc) is 3.01. The summed E-state index contributed by atoms with van der Waals surface area (Å²) in [5.41, 5.74) is 6.96. The summed E-state index contributed by atoms with van der Waals surface area (Å²) in [5.74, 6) is -2.64. The van der Waals surface area contributed by atoms with Crippen molar-refractivity contribution in [3.8, 4) is 0 Å². The highest BCUT2D eigenvalue weighted by Gasteiger charge is 2.36. The van der Waals surface area contributed by atoms with E-state index < -0.39 is 40.0 Å². The standard InChI is InChI=1S/C33H47N3O6S/c1-4-5-23-43(39,40)36(25-28-17-10-7-11-18-28)34-32(37)30(24-26(2)3)29(20-14-19-27-15-8-6-9-16-27)33(38)35-42-31-21-12-13-22-41-31/h6-11,14-19,26,29-31H,4-5,12-13,20-25H2,1-3H3,(H,34,37)(H,35,38)/t29-,30+,31?/m0/s1. The Kier molecular flexibility index (Phi) is 14.4. The average molecular weight is 614 g/mol. The van der Waals surface area contributed by atoms with Crippen LogP contribution in [0.1, 0.15) is 76.8 Å². The van der Waals surface area contributed by atoms with E-state index in [4.69, 9.17) is 9.57 Å². The molecular formula is C33H47N3O6S. The van der Waals surface area contributed by atoms with E-state index in [1.165, 1.54) is 0 Å². The van der Waals surface area contributed by atoms with Gasteiger partial charge in [-0.25, -0.2) is 18.7 Å².